The molecule has 3 rings (SSSR count). The summed E-state index contributed by atoms with van der Waals surface area (Å²) in [5, 5.41) is 8.22. The third-order valence-corrected chi connectivity index (χ3v) is 5.82. The van der Waals surface area contributed by atoms with E-state index in [0.29, 0.717) is 5.15 Å². The van der Waals surface area contributed by atoms with Gasteiger partial charge in [0.15, 0.2) is 0 Å². The number of carbonyl (C=O) groups excluding carboxylic acids is 1. The van der Waals surface area contributed by atoms with E-state index in [-0.39, 0.29) is 11.9 Å². The fourth-order valence-electron chi connectivity index (χ4n) is 3.70. The Morgan fingerprint density at radius 1 is 1.28 bits per heavy atom. The Kier molecular flexibility index (Phi) is 7.90. The van der Waals surface area contributed by atoms with Gasteiger partial charge in [-0.15, -0.1) is 0 Å². The molecule has 5 nitrogen and oxygen atoms in total. The van der Waals surface area contributed by atoms with Crippen LogP contribution >= 0.6 is 11.6 Å². The van der Waals surface area contributed by atoms with E-state index in [1.165, 1.54) is 5.56 Å². The number of benzene rings is 1. The fourth-order valence-corrected chi connectivity index (χ4v) is 4.02. The zero-order chi connectivity index (χ0) is 20.6. The quantitative estimate of drug-likeness (QED) is 0.649. The van der Waals surface area contributed by atoms with Crippen LogP contribution in [-0.4, -0.2) is 39.7 Å². The van der Waals surface area contributed by atoms with E-state index in [0.717, 1.165) is 63.1 Å². The zero-order valence-electron chi connectivity index (χ0n) is 17.4. The number of nitrogens with zero attached hydrogens (tertiary/aromatic N) is 3. The molecule has 1 aromatic carbocycles. The van der Waals surface area contributed by atoms with Crippen LogP contribution in [0.25, 0.3) is 6.08 Å². The van der Waals surface area contributed by atoms with Crippen LogP contribution < -0.4 is 5.32 Å². The number of aromatic nitrogens is 2. The predicted octanol–water partition coefficient (Wildman–Crippen LogP) is 4.44. The Bertz CT molecular complexity index is 823. The van der Waals surface area contributed by atoms with Gasteiger partial charge < -0.3 is 5.32 Å². The topological polar surface area (TPSA) is 50.2 Å². The lowest BCUT2D eigenvalue weighted by molar-refractivity contribution is -0.117. The molecule has 29 heavy (non-hydrogen) atoms. The maximum Gasteiger partial charge on any atom is 0.244 e. The normalized spacial score (nSPS) is 15.8. The molecule has 0 spiro atoms. The van der Waals surface area contributed by atoms with Gasteiger partial charge in [0.25, 0.3) is 0 Å². The van der Waals surface area contributed by atoms with Gasteiger partial charge in [0.1, 0.15) is 5.15 Å². The van der Waals surface area contributed by atoms with Gasteiger partial charge in [-0.1, -0.05) is 55.3 Å². The molecule has 0 saturated carbocycles. The number of hydrogen-bond acceptors (Lipinski definition) is 3. The highest BCUT2D eigenvalue weighted by Gasteiger charge is 2.20. The molecule has 1 aliphatic heterocycles. The van der Waals surface area contributed by atoms with Gasteiger partial charge in [0.2, 0.25) is 5.91 Å². The molecule has 0 radical (unpaired) electrons. The summed E-state index contributed by atoms with van der Waals surface area (Å²) < 4.78 is 1.82. The standard InChI is InChI=1S/C23H31ClN4O/c1-3-4-14-28-23(24)21(18(2)26-28)10-11-22(29)25-20-12-15-27(16-13-20)17-19-8-6-5-7-9-19/h5-11,20H,3-4,12-17H2,1-2H3,(H,25,29)/b11-10+. The van der Waals surface area contributed by atoms with Gasteiger partial charge in [-0.2, -0.15) is 5.10 Å². The lowest BCUT2D eigenvalue weighted by Gasteiger charge is -2.32. The fraction of sp³-hybridized carbons (Fsp3) is 0.478. The summed E-state index contributed by atoms with van der Waals surface area (Å²) in [5.41, 5.74) is 3.02. The largest absolute Gasteiger partial charge is 0.350 e. The summed E-state index contributed by atoms with van der Waals surface area (Å²) in [6, 6.07) is 10.8. The first-order valence-corrected chi connectivity index (χ1v) is 10.9. The third-order valence-electron chi connectivity index (χ3n) is 5.42. The first-order chi connectivity index (χ1) is 14.1. The van der Waals surface area contributed by atoms with Gasteiger partial charge in [-0.05, 0) is 37.8 Å². The molecule has 1 saturated heterocycles. The molecule has 6 heteroatoms. The lowest BCUT2D eigenvalue weighted by Crippen LogP contribution is -2.43. The molecule has 2 aromatic rings. The summed E-state index contributed by atoms with van der Waals surface area (Å²) in [7, 11) is 0. The number of piperidine rings is 1. The van der Waals surface area contributed by atoms with Crippen molar-refractivity contribution in [3.8, 4) is 0 Å². The van der Waals surface area contributed by atoms with Crippen molar-refractivity contribution in [2.75, 3.05) is 13.1 Å². The number of likely N-dealkylation sites (tertiary alicyclic amines) is 1. The molecule has 0 unspecified atom stereocenters. The Labute approximate surface area is 178 Å². The lowest BCUT2D eigenvalue weighted by atomic mass is 10.0. The SMILES string of the molecule is CCCCn1nc(C)c(/C=C/C(=O)NC2CCN(Cc3ccccc3)CC2)c1Cl. The highest BCUT2D eigenvalue weighted by molar-refractivity contribution is 6.31. The molecule has 2 heterocycles. The number of carbonyl (C=O) groups is 1. The molecule has 1 amide bonds. The highest BCUT2D eigenvalue weighted by atomic mass is 35.5. The average molecular weight is 415 g/mol. The molecule has 0 bridgehead atoms. The summed E-state index contributed by atoms with van der Waals surface area (Å²) in [4.78, 5) is 14.8. The number of aryl methyl sites for hydroxylation is 2. The van der Waals surface area contributed by atoms with Crippen LogP contribution in [-0.2, 0) is 17.9 Å². The Hall–Kier alpha value is -2.11. The van der Waals surface area contributed by atoms with Crippen molar-refractivity contribution in [3.63, 3.8) is 0 Å². The van der Waals surface area contributed by atoms with E-state index < -0.39 is 0 Å². The van der Waals surface area contributed by atoms with Gasteiger partial charge in [-0.25, -0.2) is 0 Å². The van der Waals surface area contributed by atoms with Crippen molar-refractivity contribution >= 4 is 23.6 Å². The van der Waals surface area contributed by atoms with Gasteiger partial charge in [0, 0.05) is 43.9 Å². The number of unbranched alkanes of at least 4 members (excludes halogenated alkanes) is 1. The summed E-state index contributed by atoms with van der Waals surface area (Å²) in [6.45, 7) is 7.84. The van der Waals surface area contributed by atoms with Gasteiger partial charge in [0.05, 0.1) is 5.69 Å². The van der Waals surface area contributed by atoms with Crippen LogP contribution in [0.15, 0.2) is 36.4 Å². The minimum absolute atomic E-state index is 0.0664. The Morgan fingerprint density at radius 3 is 2.69 bits per heavy atom. The van der Waals surface area contributed by atoms with E-state index in [9.17, 15) is 4.79 Å². The highest BCUT2D eigenvalue weighted by Crippen LogP contribution is 2.22. The maximum atomic E-state index is 12.4. The summed E-state index contributed by atoms with van der Waals surface area (Å²) in [6.07, 6.45) is 7.44. The Morgan fingerprint density at radius 2 is 2.00 bits per heavy atom. The van der Waals surface area contributed by atoms with Crippen molar-refractivity contribution in [1.82, 2.24) is 20.0 Å². The van der Waals surface area contributed by atoms with E-state index in [2.05, 4.69) is 46.5 Å². The van der Waals surface area contributed by atoms with Crippen LogP contribution in [0.1, 0.15) is 49.4 Å². The van der Waals surface area contributed by atoms with Gasteiger partial charge >= 0.3 is 0 Å². The van der Waals surface area contributed by atoms with Crippen molar-refractivity contribution in [2.24, 2.45) is 0 Å². The average Bonchev–Trinajstić information content (AvgIpc) is 3.00. The molecule has 1 aromatic heterocycles. The smallest absolute Gasteiger partial charge is 0.244 e. The molecule has 156 valence electrons. The second-order valence-corrected chi connectivity index (χ2v) is 8.10. The van der Waals surface area contributed by atoms with Gasteiger partial charge in [-0.3, -0.25) is 14.4 Å². The maximum absolute atomic E-state index is 12.4. The first-order valence-electron chi connectivity index (χ1n) is 10.5. The van der Waals surface area contributed by atoms with Crippen LogP contribution in [0, 0.1) is 6.92 Å². The predicted molar refractivity (Wildman–Crippen MR) is 119 cm³/mol. The van der Waals surface area contributed by atoms with E-state index in [1.807, 2.05) is 17.7 Å². The van der Waals surface area contributed by atoms with Crippen LogP contribution in [0.4, 0.5) is 0 Å². The minimum atomic E-state index is -0.0664. The molecule has 1 aliphatic rings. The minimum Gasteiger partial charge on any atom is -0.350 e. The van der Waals surface area contributed by atoms with Crippen LogP contribution in [0.2, 0.25) is 5.15 Å². The molecular formula is C23H31ClN4O. The summed E-state index contributed by atoms with van der Waals surface area (Å²) in [5.74, 6) is -0.0664. The van der Waals surface area contributed by atoms with Crippen molar-refractivity contribution in [1.29, 1.82) is 0 Å². The number of hydrogen-bond donors (Lipinski definition) is 1. The van der Waals surface area contributed by atoms with Crippen LogP contribution in [0.3, 0.4) is 0 Å². The number of nitrogens with one attached hydrogen (secondary N) is 1. The van der Waals surface area contributed by atoms with Crippen molar-refractivity contribution < 1.29 is 4.79 Å². The van der Waals surface area contributed by atoms with Crippen LogP contribution in [0.5, 0.6) is 0 Å². The zero-order valence-corrected chi connectivity index (χ0v) is 18.2. The van der Waals surface area contributed by atoms with E-state index in [4.69, 9.17) is 11.6 Å². The van der Waals surface area contributed by atoms with Crippen molar-refractivity contribution in [3.05, 3.63) is 58.4 Å². The molecule has 0 aliphatic carbocycles. The third kappa shape index (κ3) is 6.18. The molecule has 1 fully saturated rings. The number of amides is 1. The van der Waals surface area contributed by atoms with E-state index >= 15 is 0 Å². The summed E-state index contributed by atoms with van der Waals surface area (Å²) >= 11 is 6.44. The first kappa shape index (κ1) is 21.6. The second kappa shape index (κ2) is 10.6. The monoisotopic (exact) mass is 414 g/mol. The molecule has 0 atom stereocenters. The molecular weight excluding hydrogens is 384 g/mol. The number of halogens is 1. The molecule has 1 N–H and O–H groups in total. The number of rotatable bonds is 8. The second-order valence-electron chi connectivity index (χ2n) is 7.74. The Balaban J connectivity index is 1.47. The van der Waals surface area contributed by atoms with E-state index in [1.54, 1.807) is 12.2 Å². The van der Waals surface area contributed by atoms with Crippen molar-refractivity contribution in [2.45, 2.75) is 58.7 Å².